The summed E-state index contributed by atoms with van der Waals surface area (Å²) in [4.78, 5) is 0. The topological polar surface area (TPSA) is 21.3 Å². The van der Waals surface area contributed by atoms with Crippen LogP contribution < -0.4 is 5.32 Å². The summed E-state index contributed by atoms with van der Waals surface area (Å²) >= 11 is 0. The highest BCUT2D eigenvalue weighted by atomic mass is 16.5. The van der Waals surface area contributed by atoms with Crippen LogP contribution in [-0.2, 0) is 4.74 Å². The monoisotopic (exact) mass is 179 g/mol. The van der Waals surface area contributed by atoms with E-state index in [0.29, 0.717) is 6.04 Å². The molecule has 4 rings (SSSR count). The van der Waals surface area contributed by atoms with E-state index in [4.69, 9.17) is 4.74 Å². The summed E-state index contributed by atoms with van der Waals surface area (Å²) in [6, 6.07) is 0.498. The molecule has 2 bridgehead atoms. The molecule has 2 unspecified atom stereocenters. The molecule has 0 radical (unpaired) electrons. The highest BCUT2D eigenvalue weighted by Gasteiger charge is 2.46. The van der Waals surface area contributed by atoms with Crippen molar-refractivity contribution in [2.24, 2.45) is 5.92 Å². The van der Waals surface area contributed by atoms with E-state index in [2.05, 4.69) is 17.5 Å². The minimum atomic E-state index is 0.177. The largest absolute Gasteiger partial charge is 0.373 e. The summed E-state index contributed by atoms with van der Waals surface area (Å²) in [7, 11) is 0. The SMILES string of the molecule is C1=C[C@@H]2CNC1C1(CCCCO1)C2. The van der Waals surface area contributed by atoms with Crippen molar-refractivity contribution >= 4 is 0 Å². The molecule has 0 aromatic heterocycles. The molecule has 1 spiro atoms. The van der Waals surface area contributed by atoms with Gasteiger partial charge in [-0.1, -0.05) is 12.2 Å². The predicted molar refractivity (Wildman–Crippen MR) is 51.6 cm³/mol. The van der Waals surface area contributed by atoms with Crippen molar-refractivity contribution < 1.29 is 4.74 Å². The van der Waals surface area contributed by atoms with Crippen molar-refractivity contribution in [1.82, 2.24) is 5.32 Å². The van der Waals surface area contributed by atoms with Crippen LogP contribution in [0.25, 0.3) is 0 Å². The molecule has 1 N–H and O–H groups in total. The number of hydrogen-bond acceptors (Lipinski definition) is 2. The third-order valence-electron chi connectivity index (χ3n) is 3.73. The summed E-state index contributed by atoms with van der Waals surface area (Å²) in [6.45, 7) is 2.13. The molecule has 2 heteroatoms. The maximum absolute atomic E-state index is 6.03. The smallest absolute Gasteiger partial charge is 0.0876 e. The summed E-state index contributed by atoms with van der Waals surface area (Å²) in [6.07, 6.45) is 9.79. The van der Waals surface area contributed by atoms with Crippen molar-refractivity contribution in [1.29, 1.82) is 0 Å². The van der Waals surface area contributed by atoms with Crippen molar-refractivity contribution in [2.75, 3.05) is 13.2 Å². The van der Waals surface area contributed by atoms with Crippen LogP contribution >= 0.6 is 0 Å². The van der Waals surface area contributed by atoms with Crippen molar-refractivity contribution in [3.05, 3.63) is 12.2 Å². The number of rotatable bonds is 0. The summed E-state index contributed by atoms with van der Waals surface area (Å²) in [5, 5.41) is 3.57. The fraction of sp³-hybridized carbons (Fsp3) is 0.818. The first-order valence-corrected chi connectivity index (χ1v) is 5.45. The molecule has 1 aliphatic carbocycles. The molecule has 3 aliphatic heterocycles. The second-order valence-electron chi connectivity index (χ2n) is 4.61. The molecule has 72 valence electrons. The Kier molecular flexibility index (Phi) is 1.74. The zero-order chi connectivity index (χ0) is 8.73. The Morgan fingerprint density at radius 3 is 2.85 bits per heavy atom. The van der Waals surface area contributed by atoms with Crippen LogP contribution in [0.4, 0.5) is 0 Å². The quantitative estimate of drug-likeness (QED) is 0.569. The summed E-state index contributed by atoms with van der Waals surface area (Å²) in [5.74, 6) is 0.725. The van der Waals surface area contributed by atoms with Gasteiger partial charge in [0.25, 0.3) is 0 Å². The number of piperidine rings is 1. The minimum Gasteiger partial charge on any atom is -0.373 e. The molecule has 0 saturated carbocycles. The first-order chi connectivity index (χ1) is 6.39. The van der Waals surface area contributed by atoms with Crippen LogP contribution in [0.2, 0.25) is 0 Å². The lowest BCUT2D eigenvalue weighted by Crippen LogP contribution is -2.61. The van der Waals surface area contributed by atoms with E-state index >= 15 is 0 Å². The third-order valence-corrected chi connectivity index (χ3v) is 3.73. The standard InChI is InChI=1S/C11H17NO/c1-2-6-13-11(5-1)7-9-3-4-10(11)12-8-9/h3-4,9-10,12H,1-2,5-8H2/t9-,10?,11?/m0/s1. The lowest BCUT2D eigenvalue weighted by molar-refractivity contribution is -0.118. The van der Waals surface area contributed by atoms with E-state index in [9.17, 15) is 0 Å². The van der Waals surface area contributed by atoms with Crippen molar-refractivity contribution in [2.45, 2.75) is 37.3 Å². The molecule has 2 saturated heterocycles. The van der Waals surface area contributed by atoms with Gasteiger partial charge in [-0.15, -0.1) is 0 Å². The van der Waals surface area contributed by atoms with Gasteiger partial charge in [-0.05, 0) is 31.6 Å². The number of hydrogen-bond donors (Lipinski definition) is 1. The lowest BCUT2D eigenvalue weighted by atomic mass is 9.72. The van der Waals surface area contributed by atoms with E-state index in [1.54, 1.807) is 0 Å². The summed E-state index contributed by atoms with van der Waals surface area (Å²) < 4.78 is 6.03. The Balaban J connectivity index is 1.87. The average molecular weight is 179 g/mol. The van der Waals surface area contributed by atoms with E-state index in [-0.39, 0.29) is 5.60 Å². The Labute approximate surface area is 79.3 Å². The molecule has 0 aromatic carbocycles. The van der Waals surface area contributed by atoms with Gasteiger partial charge in [0.05, 0.1) is 11.6 Å². The van der Waals surface area contributed by atoms with Gasteiger partial charge in [0.15, 0.2) is 0 Å². The molecule has 3 atom stereocenters. The van der Waals surface area contributed by atoms with Gasteiger partial charge in [0.2, 0.25) is 0 Å². The molecular weight excluding hydrogens is 162 g/mol. The Bertz CT molecular complexity index is 230. The minimum absolute atomic E-state index is 0.177. The molecule has 0 amide bonds. The molecule has 13 heavy (non-hydrogen) atoms. The number of ether oxygens (including phenoxy) is 1. The predicted octanol–water partition coefficient (Wildman–Crippen LogP) is 1.47. The molecule has 4 aliphatic rings. The van der Waals surface area contributed by atoms with Gasteiger partial charge in [-0.25, -0.2) is 0 Å². The van der Waals surface area contributed by atoms with Gasteiger partial charge >= 0.3 is 0 Å². The zero-order valence-electron chi connectivity index (χ0n) is 7.96. The molecule has 2 nitrogen and oxygen atoms in total. The van der Waals surface area contributed by atoms with Crippen LogP contribution in [0.15, 0.2) is 12.2 Å². The highest BCUT2D eigenvalue weighted by molar-refractivity contribution is 5.18. The fourth-order valence-corrected chi connectivity index (χ4v) is 3.04. The van der Waals surface area contributed by atoms with Gasteiger partial charge in [0, 0.05) is 13.2 Å². The Morgan fingerprint density at radius 1 is 1.31 bits per heavy atom. The Hall–Kier alpha value is -0.340. The first-order valence-electron chi connectivity index (χ1n) is 5.45. The van der Waals surface area contributed by atoms with Crippen LogP contribution in [0.1, 0.15) is 25.7 Å². The second kappa shape index (κ2) is 2.82. The van der Waals surface area contributed by atoms with E-state index in [1.807, 2.05) is 0 Å². The maximum atomic E-state index is 6.03. The van der Waals surface area contributed by atoms with E-state index < -0.39 is 0 Å². The molecule has 2 fully saturated rings. The van der Waals surface area contributed by atoms with Crippen LogP contribution in [0.3, 0.4) is 0 Å². The maximum Gasteiger partial charge on any atom is 0.0876 e. The normalized spacial score (nSPS) is 48.6. The second-order valence-corrected chi connectivity index (χ2v) is 4.61. The van der Waals surface area contributed by atoms with Crippen LogP contribution in [0, 0.1) is 5.92 Å². The molecule has 3 heterocycles. The number of fused-ring (bicyclic) bond motifs is 1. The van der Waals surface area contributed by atoms with Crippen molar-refractivity contribution in [3.63, 3.8) is 0 Å². The zero-order valence-corrected chi connectivity index (χ0v) is 7.96. The van der Waals surface area contributed by atoms with Gasteiger partial charge in [-0.3, -0.25) is 0 Å². The lowest BCUT2D eigenvalue weighted by Gasteiger charge is -2.50. The van der Waals surface area contributed by atoms with Gasteiger partial charge in [0.1, 0.15) is 0 Å². The van der Waals surface area contributed by atoms with Gasteiger partial charge in [-0.2, -0.15) is 0 Å². The average Bonchev–Trinajstić information content (AvgIpc) is 2.20. The molecular formula is C11H17NO. The van der Waals surface area contributed by atoms with Crippen molar-refractivity contribution in [3.8, 4) is 0 Å². The molecule has 0 aromatic rings. The van der Waals surface area contributed by atoms with Crippen LogP contribution in [-0.4, -0.2) is 24.8 Å². The van der Waals surface area contributed by atoms with E-state index in [1.165, 1.54) is 25.7 Å². The fourth-order valence-electron chi connectivity index (χ4n) is 3.04. The Morgan fingerprint density at radius 2 is 2.31 bits per heavy atom. The van der Waals surface area contributed by atoms with Crippen LogP contribution in [0.5, 0.6) is 0 Å². The summed E-state index contributed by atoms with van der Waals surface area (Å²) in [5.41, 5.74) is 0.177. The van der Waals surface area contributed by atoms with Gasteiger partial charge < -0.3 is 10.1 Å². The number of nitrogens with one attached hydrogen (secondary N) is 1. The third kappa shape index (κ3) is 1.16. The highest BCUT2D eigenvalue weighted by Crippen LogP contribution is 2.40. The first kappa shape index (κ1) is 8.01. The van der Waals surface area contributed by atoms with E-state index in [0.717, 1.165) is 19.1 Å².